The number of imide groups is 1. The number of carbonyl (C=O) groups excluding carboxylic acids is 3. The first-order chi connectivity index (χ1) is 8.65. The summed E-state index contributed by atoms with van der Waals surface area (Å²) < 4.78 is 0. The Bertz CT molecular complexity index is 476. The fourth-order valence-electron chi connectivity index (χ4n) is 1.86. The summed E-state index contributed by atoms with van der Waals surface area (Å²) >= 11 is 0. The molecule has 6 heteroatoms. The maximum Gasteiger partial charge on any atom is 1.00 e. The summed E-state index contributed by atoms with van der Waals surface area (Å²) in [4.78, 5) is 34.1. The number of carbonyl (C=O) groups is 3. The van der Waals surface area contributed by atoms with Crippen LogP contribution in [0.15, 0.2) is 30.3 Å². The zero-order valence-corrected chi connectivity index (χ0v) is 12.8. The van der Waals surface area contributed by atoms with E-state index in [0.717, 1.165) is 5.56 Å². The Balaban J connectivity index is 0.00000180. The molecule has 3 amide bonds. The van der Waals surface area contributed by atoms with Gasteiger partial charge in [-0.25, -0.2) is 0 Å². The molecule has 1 heterocycles. The molecule has 2 rings (SSSR count). The van der Waals surface area contributed by atoms with Gasteiger partial charge in [0, 0.05) is 6.42 Å². The van der Waals surface area contributed by atoms with Crippen molar-refractivity contribution in [3.05, 3.63) is 35.9 Å². The van der Waals surface area contributed by atoms with Gasteiger partial charge < -0.3 is 5.32 Å². The van der Waals surface area contributed by atoms with E-state index in [1.165, 1.54) is 0 Å². The number of amides is 3. The number of hydrogen-bond donors (Lipinski definition) is 2. The molecule has 1 atom stereocenters. The van der Waals surface area contributed by atoms with Crippen molar-refractivity contribution in [2.45, 2.75) is 25.3 Å². The van der Waals surface area contributed by atoms with Gasteiger partial charge in [0.1, 0.15) is 6.04 Å². The fourth-order valence-corrected chi connectivity index (χ4v) is 1.86. The van der Waals surface area contributed by atoms with Crippen LogP contribution in [0.25, 0.3) is 0 Å². The first-order valence-electron chi connectivity index (χ1n) is 5.82. The zero-order chi connectivity index (χ0) is 13.0. The zero-order valence-electron chi connectivity index (χ0n) is 10.8. The van der Waals surface area contributed by atoms with Gasteiger partial charge in [-0.3, -0.25) is 19.7 Å². The molecule has 19 heavy (non-hydrogen) atoms. The van der Waals surface area contributed by atoms with Gasteiger partial charge in [-0.15, -0.1) is 0 Å². The maximum absolute atomic E-state index is 11.7. The summed E-state index contributed by atoms with van der Waals surface area (Å²) in [5.41, 5.74) is 0.891. The molecule has 1 aliphatic rings. The predicted octanol–water partition coefficient (Wildman–Crippen LogP) is -2.85. The van der Waals surface area contributed by atoms with Crippen LogP contribution in [-0.2, 0) is 20.8 Å². The Morgan fingerprint density at radius 1 is 1.26 bits per heavy atom. The molecule has 0 bridgehead atoms. The van der Waals surface area contributed by atoms with Gasteiger partial charge in [-0.2, -0.15) is 0 Å². The molecule has 0 radical (unpaired) electrons. The largest absolute Gasteiger partial charge is 1.00 e. The molecule has 1 aromatic carbocycles. The molecule has 1 saturated heterocycles. The standard InChI is InChI=1S/C13H14N2O3.Na/c16-11-7-6-10(13(18)15-11)14-12(17)8-9-4-2-1-3-5-9;/h1-5,10H,6-8H2,(H,14,17)(H,15,16,18);/q;+1. The van der Waals surface area contributed by atoms with Crippen LogP contribution in [0.1, 0.15) is 18.4 Å². The van der Waals surface area contributed by atoms with Crippen LogP contribution in [0.5, 0.6) is 0 Å². The number of hydrogen-bond acceptors (Lipinski definition) is 3. The van der Waals surface area contributed by atoms with E-state index in [1.54, 1.807) is 0 Å². The fraction of sp³-hybridized carbons (Fsp3) is 0.308. The molecule has 1 aromatic rings. The monoisotopic (exact) mass is 269 g/mol. The molecule has 94 valence electrons. The molecule has 0 spiro atoms. The SMILES string of the molecule is O=C1CCC(NC(=O)Cc2ccccc2)C(=O)N1.[Na+]. The Labute approximate surface area is 133 Å². The van der Waals surface area contributed by atoms with E-state index >= 15 is 0 Å². The van der Waals surface area contributed by atoms with E-state index in [9.17, 15) is 14.4 Å². The van der Waals surface area contributed by atoms with Crippen LogP contribution in [0, 0.1) is 0 Å². The third-order valence-electron chi connectivity index (χ3n) is 2.78. The predicted molar refractivity (Wildman–Crippen MR) is 64.5 cm³/mol. The first kappa shape index (κ1) is 15.9. The van der Waals surface area contributed by atoms with Gasteiger partial charge in [-0.1, -0.05) is 30.3 Å². The van der Waals surface area contributed by atoms with Crippen molar-refractivity contribution >= 4 is 17.7 Å². The van der Waals surface area contributed by atoms with Crippen LogP contribution in [-0.4, -0.2) is 23.8 Å². The second kappa shape index (κ2) is 7.43. The minimum absolute atomic E-state index is 0. The van der Waals surface area contributed by atoms with Crippen LogP contribution in [0.4, 0.5) is 0 Å². The van der Waals surface area contributed by atoms with Gasteiger partial charge in [-0.05, 0) is 12.0 Å². The normalized spacial score (nSPS) is 18.2. The Kier molecular flexibility index (Phi) is 6.21. The smallest absolute Gasteiger partial charge is 0.344 e. The van der Waals surface area contributed by atoms with Crippen molar-refractivity contribution in [2.24, 2.45) is 0 Å². The molecule has 0 saturated carbocycles. The van der Waals surface area contributed by atoms with Gasteiger partial charge >= 0.3 is 29.6 Å². The third-order valence-corrected chi connectivity index (χ3v) is 2.78. The summed E-state index contributed by atoms with van der Waals surface area (Å²) in [5.74, 6) is -0.920. The van der Waals surface area contributed by atoms with Gasteiger partial charge in [0.15, 0.2) is 0 Å². The van der Waals surface area contributed by atoms with E-state index in [-0.39, 0.29) is 54.2 Å². The topological polar surface area (TPSA) is 75.3 Å². The van der Waals surface area contributed by atoms with E-state index < -0.39 is 11.9 Å². The molecular formula is C13H14N2NaO3+. The average Bonchev–Trinajstić information content (AvgIpc) is 2.34. The van der Waals surface area contributed by atoms with Crippen molar-refractivity contribution in [3.8, 4) is 0 Å². The Morgan fingerprint density at radius 2 is 1.95 bits per heavy atom. The Hall–Kier alpha value is -1.17. The van der Waals surface area contributed by atoms with E-state index in [2.05, 4.69) is 10.6 Å². The second-order valence-electron chi connectivity index (χ2n) is 4.23. The van der Waals surface area contributed by atoms with Gasteiger partial charge in [0.2, 0.25) is 17.7 Å². The van der Waals surface area contributed by atoms with Crippen LogP contribution in [0.2, 0.25) is 0 Å². The Morgan fingerprint density at radius 3 is 2.58 bits per heavy atom. The minimum Gasteiger partial charge on any atom is -0.344 e. The minimum atomic E-state index is -0.598. The average molecular weight is 269 g/mol. The number of nitrogens with one attached hydrogen (secondary N) is 2. The molecular weight excluding hydrogens is 255 g/mol. The number of benzene rings is 1. The summed E-state index contributed by atoms with van der Waals surface area (Å²) in [5, 5.41) is 4.84. The van der Waals surface area contributed by atoms with Crippen LogP contribution >= 0.6 is 0 Å². The van der Waals surface area contributed by atoms with Crippen molar-refractivity contribution in [3.63, 3.8) is 0 Å². The quantitative estimate of drug-likeness (QED) is 0.458. The summed E-state index contributed by atoms with van der Waals surface area (Å²) in [7, 11) is 0. The molecule has 0 aliphatic carbocycles. The second-order valence-corrected chi connectivity index (χ2v) is 4.23. The number of piperidine rings is 1. The van der Waals surface area contributed by atoms with Crippen molar-refractivity contribution in [1.29, 1.82) is 0 Å². The number of rotatable bonds is 3. The van der Waals surface area contributed by atoms with Gasteiger partial charge in [0.05, 0.1) is 6.42 Å². The van der Waals surface area contributed by atoms with Crippen LogP contribution < -0.4 is 40.2 Å². The molecule has 5 nitrogen and oxygen atoms in total. The molecule has 1 aliphatic heterocycles. The van der Waals surface area contributed by atoms with Crippen molar-refractivity contribution in [1.82, 2.24) is 10.6 Å². The first-order valence-corrected chi connectivity index (χ1v) is 5.82. The van der Waals surface area contributed by atoms with Crippen molar-refractivity contribution in [2.75, 3.05) is 0 Å². The summed E-state index contributed by atoms with van der Waals surface area (Å²) in [6, 6.07) is 8.69. The van der Waals surface area contributed by atoms with E-state index in [0.29, 0.717) is 6.42 Å². The third kappa shape index (κ3) is 4.78. The maximum atomic E-state index is 11.7. The molecule has 2 N–H and O–H groups in total. The molecule has 0 aromatic heterocycles. The summed E-state index contributed by atoms with van der Waals surface area (Å²) in [6.07, 6.45) is 0.867. The summed E-state index contributed by atoms with van der Waals surface area (Å²) in [6.45, 7) is 0. The van der Waals surface area contributed by atoms with E-state index in [1.807, 2.05) is 30.3 Å². The van der Waals surface area contributed by atoms with Gasteiger partial charge in [0.25, 0.3) is 0 Å². The van der Waals surface area contributed by atoms with E-state index in [4.69, 9.17) is 0 Å². The van der Waals surface area contributed by atoms with Crippen molar-refractivity contribution < 1.29 is 43.9 Å². The molecule has 1 fully saturated rings. The molecule has 1 unspecified atom stereocenters. The van der Waals surface area contributed by atoms with Crippen LogP contribution in [0.3, 0.4) is 0 Å².